The van der Waals surface area contributed by atoms with Gasteiger partial charge in [0.05, 0.1) is 19.1 Å². The zero-order valence-corrected chi connectivity index (χ0v) is 12.9. The van der Waals surface area contributed by atoms with Crippen molar-refractivity contribution in [2.24, 2.45) is 0 Å². The van der Waals surface area contributed by atoms with Crippen LogP contribution in [0.1, 0.15) is 0 Å². The fraction of sp³-hybridized carbons (Fsp3) is 0.125. The van der Waals surface area contributed by atoms with Gasteiger partial charge in [-0.1, -0.05) is 23.4 Å². The Balaban J connectivity index is 2.06. The highest BCUT2D eigenvalue weighted by molar-refractivity contribution is 5.72. The van der Waals surface area contributed by atoms with Crippen LogP contribution >= 0.6 is 0 Å². The molecule has 0 amide bonds. The lowest BCUT2D eigenvalue weighted by atomic mass is 10.1. The molecule has 122 valence electrons. The number of nitro groups is 1. The summed E-state index contributed by atoms with van der Waals surface area (Å²) in [6.07, 6.45) is 0. The highest BCUT2D eigenvalue weighted by Crippen LogP contribution is 2.38. The Labute approximate surface area is 136 Å². The number of hydrogen-bond donors (Lipinski definition) is 0. The van der Waals surface area contributed by atoms with Crippen molar-refractivity contribution in [2.45, 2.75) is 0 Å². The molecule has 0 radical (unpaired) electrons. The van der Waals surface area contributed by atoms with Gasteiger partial charge in [-0.25, -0.2) is 0 Å². The van der Waals surface area contributed by atoms with E-state index in [2.05, 4.69) is 10.1 Å². The number of nitro benzene ring substituents is 1. The van der Waals surface area contributed by atoms with Crippen LogP contribution in [0.2, 0.25) is 0 Å². The summed E-state index contributed by atoms with van der Waals surface area (Å²) >= 11 is 0. The van der Waals surface area contributed by atoms with E-state index in [1.165, 1.54) is 26.4 Å². The molecule has 2 aromatic carbocycles. The van der Waals surface area contributed by atoms with E-state index in [-0.39, 0.29) is 17.4 Å². The van der Waals surface area contributed by atoms with E-state index in [0.717, 1.165) is 0 Å². The fourth-order valence-corrected chi connectivity index (χ4v) is 2.26. The summed E-state index contributed by atoms with van der Waals surface area (Å²) < 4.78 is 15.9. The lowest BCUT2D eigenvalue weighted by molar-refractivity contribution is -0.384. The van der Waals surface area contributed by atoms with E-state index in [9.17, 15) is 10.1 Å². The number of rotatable bonds is 5. The Bertz CT molecular complexity index is 869. The van der Waals surface area contributed by atoms with Crippen LogP contribution in [0.25, 0.3) is 22.8 Å². The average Bonchev–Trinajstić information content (AvgIpc) is 3.10. The highest BCUT2D eigenvalue weighted by Gasteiger charge is 2.20. The molecule has 8 heteroatoms. The minimum Gasteiger partial charge on any atom is -0.496 e. The number of non-ortho nitro benzene ring substituents is 1. The SMILES string of the molecule is COc1cccc(OC)c1-c1nc(-c2cccc([N+](=O)[O-])c2)no1. The molecule has 0 fully saturated rings. The van der Waals surface area contributed by atoms with E-state index in [1.807, 2.05) is 0 Å². The molecular formula is C16H13N3O5. The lowest BCUT2D eigenvalue weighted by Gasteiger charge is -2.09. The van der Waals surface area contributed by atoms with Crippen molar-refractivity contribution in [3.05, 3.63) is 52.6 Å². The molecule has 0 spiro atoms. The number of hydrogen-bond acceptors (Lipinski definition) is 7. The first-order valence-corrected chi connectivity index (χ1v) is 6.94. The predicted molar refractivity (Wildman–Crippen MR) is 84.9 cm³/mol. The monoisotopic (exact) mass is 327 g/mol. The summed E-state index contributed by atoms with van der Waals surface area (Å²) in [6, 6.07) is 11.3. The van der Waals surface area contributed by atoms with E-state index < -0.39 is 4.92 Å². The Kier molecular flexibility index (Phi) is 4.11. The third kappa shape index (κ3) is 2.76. The van der Waals surface area contributed by atoms with Crippen molar-refractivity contribution in [3.63, 3.8) is 0 Å². The van der Waals surface area contributed by atoms with E-state index in [0.29, 0.717) is 22.6 Å². The van der Waals surface area contributed by atoms with Crippen molar-refractivity contribution in [1.29, 1.82) is 0 Å². The quantitative estimate of drug-likeness (QED) is 0.523. The fourth-order valence-electron chi connectivity index (χ4n) is 2.26. The number of benzene rings is 2. The third-order valence-electron chi connectivity index (χ3n) is 3.38. The smallest absolute Gasteiger partial charge is 0.270 e. The Hall–Kier alpha value is -3.42. The van der Waals surface area contributed by atoms with Gasteiger partial charge in [0.25, 0.3) is 11.6 Å². The third-order valence-corrected chi connectivity index (χ3v) is 3.38. The first-order chi connectivity index (χ1) is 11.6. The molecule has 0 aliphatic carbocycles. The minimum absolute atomic E-state index is 0.0475. The van der Waals surface area contributed by atoms with Crippen LogP contribution in [0.4, 0.5) is 5.69 Å². The van der Waals surface area contributed by atoms with E-state index >= 15 is 0 Å². The van der Waals surface area contributed by atoms with Crippen LogP contribution in [0, 0.1) is 10.1 Å². The number of nitrogens with zero attached hydrogens (tertiary/aromatic N) is 3. The molecule has 1 heterocycles. The van der Waals surface area contributed by atoms with Crippen molar-refractivity contribution < 1.29 is 18.9 Å². The summed E-state index contributed by atoms with van der Waals surface area (Å²) in [5.41, 5.74) is 0.952. The van der Waals surface area contributed by atoms with Gasteiger partial charge in [0.2, 0.25) is 5.82 Å². The van der Waals surface area contributed by atoms with Crippen LogP contribution in [-0.2, 0) is 0 Å². The van der Waals surface area contributed by atoms with Gasteiger partial charge < -0.3 is 14.0 Å². The second kappa shape index (κ2) is 6.37. The summed E-state index contributed by atoms with van der Waals surface area (Å²) in [4.78, 5) is 14.7. The van der Waals surface area contributed by atoms with Crippen LogP contribution in [-0.4, -0.2) is 29.3 Å². The second-order valence-electron chi connectivity index (χ2n) is 4.77. The molecule has 8 nitrogen and oxygen atoms in total. The predicted octanol–water partition coefficient (Wildman–Crippen LogP) is 3.33. The topological polar surface area (TPSA) is 101 Å². The molecule has 0 bridgehead atoms. The molecule has 0 atom stereocenters. The standard InChI is InChI=1S/C16H13N3O5/c1-22-12-7-4-8-13(23-2)14(12)16-17-15(18-24-16)10-5-3-6-11(9-10)19(20)21/h3-9H,1-2H3. The van der Waals surface area contributed by atoms with Crippen molar-refractivity contribution in [2.75, 3.05) is 14.2 Å². The van der Waals surface area contributed by atoms with E-state index in [4.69, 9.17) is 14.0 Å². The number of ether oxygens (including phenoxy) is 2. The maximum Gasteiger partial charge on any atom is 0.270 e. The maximum absolute atomic E-state index is 10.9. The average molecular weight is 327 g/mol. The minimum atomic E-state index is -0.478. The van der Waals surface area contributed by atoms with Crippen LogP contribution in [0.15, 0.2) is 47.0 Å². The van der Waals surface area contributed by atoms with Gasteiger partial charge in [-0.15, -0.1) is 0 Å². The summed E-state index contributed by atoms with van der Waals surface area (Å²) in [7, 11) is 3.05. The first kappa shape index (κ1) is 15.5. The van der Waals surface area contributed by atoms with Crippen molar-refractivity contribution >= 4 is 5.69 Å². The van der Waals surface area contributed by atoms with Crippen LogP contribution in [0.5, 0.6) is 11.5 Å². The Morgan fingerprint density at radius 2 is 1.75 bits per heavy atom. The molecule has 0 saturated carbocycles. The first-order valence-electron chi connectivity index (χ1n) is 6.94. The summed E-state index contributed by atoms with van der Waals surface area (Å²) in [5.74, 6) is 1.47. The Morgan fingerprint density at radius 1 is 1.08 bits per heavy atom. The molecule has 0 aliphatic heterocycles. The zero-order chi connectivity index (χ0) is 17.1. The molecule has 0 saturated heterocycles. The summed E-state index contributed by atoms with van der Waals surface area (Å²) in [6.45, 7) is 0. The maximum atomic E-state index is 10.9. The molecule has 1 aromatic heterocycles. The zero-order valence-electron chi connectivity index (χ0n) is 12.9. The largest absolute Gasteiger partial charge is 0.496 e. The van der Waals surface area contributed by atoms with Gasteiger partial charge in [0.1, 0.15) is 17.1 Å². The molecule has 3 aromatic rings. The second-order valence-corrected chi connectivity index (χ2v) is 4.77. The van der Waals surface area contributed by atoms with Gasteiger partial charge in [-0.05, 0) is 12.1 Å². The van der Waals surface area contributed by atoms with Gasteiger partial charge >= 0.3 is 0 Å². The number of aromatic nitrogens is 2. The lowest BCUT2D eigenvalue weighted by Crippen LogP contribution is -1.93. The van der Waals surface area contributed by atoms with E-state index in [1.54, 1.807) is 30.3 Å². The molecule has 0 aliphatic rings. The van der Waals surface area contributed by atoms with Crippen molar-refractivity contribution in [1.82, 2.24) is 10.1 Å². The molecule has 0 unspecified atom stereocenters. The van der Waals surface area contributed by atoms with Gasteiger partial charge in [0.15, 0.2) is 0 Å². The van der Waals surface area contributed by atoms with Gasteiger partial charge in [0, 0.05) is 17.7 Å². The Morgan fingerprint density at radius 3 is 2.38 bits per heavy atom. The van der Waals surface area contributed by atoms with Crippen LogP contribution < -0.4 is 9.47 Å². The van der Waals surface area contributed by atoms with Crippen LogP contribution in [0.3, 0.4) is 0 Å². The molecule has 0 N–H and O–H groups in total. The van der Waals surface area contributed by atoms with Gasteiger partial charge in [-0.3, -0.25) is 10.1 Å². The van der Waals surface area contributed by atoms with Gasteiger partial charge in [-0.2, -0.15) is 4.98 Å². The van der Waals surface area contributed by atoms with Crippen molar-refractivity contribution in [3.8, 4) is 34.3 Å². The normalized spacial score (nSPS) is 10.4. The molecule has 3 rings (SSSR count). The summed E-state index contributed by atoms with van der Waals surface area (Å²) in [5, 5.41) is 14.8. The molecule has 24 heavy (non-hydrogen) atoms. The highest BCUT2D eigenvalue weighted by atomic mass is 16.6. The number of methoxy groups -OCH3 is 2. The molecular weight excluding hydrogens is 314 g/mol.